The van der Waals surface area contributed by atoms with Crippen LogP contribution >= 0.6 is 12.4 Å². The van der Waals surface area contributed by atoms with E-state index in [-0.39, 0.29) is 36.9 Å². The normalized spacial score (nSPS) is 9.62. The van der Waals surface area contributed by atoms with Crippen molar-refractivity contribution in [3.8, 4) is 5.75 Å². The molecular formula is C15H23ClN2O3. The molecule has 0 unspecified atom stereocenters. The molecule has 5 nitrogen and oxygen atoms in total. The molecule has 0 aliphatic rings. The Hall–Kier alpha value is -1.59. The third-order valence-electron chi connectivity index (χ3n) is 2.87. The molecule has 1 amide bonds. The van der Waals surface area contributed by atoms with Crippen molar-refractivity contribution in [2.24, 2.45) is 0 Å². The molecule has 2 N–H and O–H groups in total. The molecule has 21 heavy (non-hydrogen) atoms. The Labute approximate surface area is 131 Å². The number of ether oxygens (including phenoxy) is 1. The molecule has 118 valence electrons. The van der Waals surface area contributed by atoms with Crippen molar-refractivity contribution in [2.75, 3.05) is 26.7 Å². The van der Waals surface area contributed by atoms with E-state index in [1.807, 2.05) is 6.92 Å². The summed E-state index contributed by atoms with van der Waals surface area (Å²) in [5, 5.41) is 5.88. The molecule has 0 aliphatic carbocycles. The van der Waals surface area contributed by atoms with Crippen LogP contribution in [0.5, 0.6) is 5.75 Å². The Morgan fingerprint density at radius 3 is 2.33 bits per heavy atom. The monoisotopic (exact) mass is 314 g/mol. The minimum Gasteiger partial charge on any atom is -0.497 e. The van der Waals surface area contributed by atoms with Crippen LogP contribution in [-0.2, 0) is 4.79 Å². The quantitative estimate of drug-likeness (QED) is 0.539. The van der Waals surface area contributed by atoms with Gasteiger partial charge in [-0.25, -0.2) is 0 Å². The summed E-state index contributed by atoms with van der Waals surface area (Å²) in [4.78, 5) is 23.4. The van der Waals surface area contributed by atoms with E-state index in [0.717, 1.165) is 13.1 Å². The number of carbonyl (C=O) groups excluding carboxylic acids is 2. The number of halogens is 1. The van der Waals surface area contributed by atoms with Crippen LogP contribution in [0.4, 0.5) is 0 Å². The molecule has 0 saturated heterocycles. The minimum absolute atomic E-state index is 0. The fourth-order valence-electron chi connectivity index (χ4n) is 1.70. The first-order chi connectivity index (χ1) is 9.67. The topological polar surface area (TPSA) is 67.4 Å². The minimum atomic E-state index is -0.0928. The van der Waals surface area contributed by atoms with Gasteiger partial charge in [-0.1, -0.05) is 6.92 Å². The summed E-state index contributed by atoms with van der Waals surface area (Å²) < 4.78 is 5.03. The van der Waals surface area contributed by atoms with Gasteiger partial charge in [-0.05, 0) is 30.8 Å². The second kappa shape index (κ2) is 11.1. The van der Waals surface area contributed by atoms with Crippen LogP contribution in [0.3, 0.4) is 0 Å². The van der Waals surface area contributed by atoms with Crippen molar-refractivity contribution in [3.05, 3.63) is 29.8 Å². The molecule has 0 radical (unpaired) electrons. The van der Waals surface area contributed by atoms with Crippen molar-refractivity contribution < 1.29 is 14.3 Å². The maximum absolute atomic E-state index is 11.9. The Morgan fingerprint density at radius 1 is 1.10 bits per heavy atom. The molecule has 0 heterocycles. The molecule has 0 aliphatic heterocycles. The molecule has 1 aromatic carbocycles. The average molecular weight is 315 g/mol. The zero-order valence-corrected chi connectivity index (χ0v) is 13.3. The lowest BCUT2D eigenvalue weighted by molar-refractivity contribution is -0.121. The summed E-state index contributed by atoms with van der Waals surface area (Å²) in [7, 11) is 1.58. The maximum atomic E-state index is 11.9. The second-order valence-electron chi connectivity index (χ2n) is 4.36. The van der Waals surface area contributed by atoms with Gasteiger partial charge in [0.15, 0.2) is 5.78 Å². The molecule has 1 rings (SSSR count). The van der Waals surface area contributed by atoms with Gasteiger partial charge in [-0.3, -0.25) is 9.59 Å². The van der Waals surface area contributed by atoms with Crippen molar-refractivity contribution in [3.63, 3.8) is 0 Å². The first-order valence-electron chi connectivity index (χ1n) is 6.82. The Kier molecular flexibility index (Phi) is 10.3. The molecule has 1 aromatic rings. The number of benzene rings is 1. The molecule has 6 heteroatoms. The van der Waals surface area contributed by atoms with Crippen LogP contribution in [-0.4, -0.2) is 38.4 Å². The Bertz CT molecular complexity index is 435. The molecular weight excluding hydrogens is 292 g/mol. The van der Waals surface area contributed by atoms with E-state index >= 15 is 0 Å². The smallest absolute Gasteiger partial charge is 0.220 e. The van der Waals surface area contributed by atoms with Gasteiger partial charge in [0.05, 0.1) is 7.11 Å². The van der Waals surface area contributed by atoms with Gasteiger partial charge in [-0.15, -0.1) is 12.4 Å². The largest absolute Gasteiger partial charge is 0.497 e. The van der Waals surface area contributed by atoms with Crippen LogP contribution in [0.2, 0.25) is 0 Å². The van der Waals surface area contributed by atoms with Crippen molar-refractivity contribution in [1.29, 1.82) is 0 Å². The number of Topliss-reactive ketones (excluding diaryl/α,β-unsaturated/α-hetero) is 1. The molecule has 0 fully saturated rings. The standard InChI is InChI=1S/C15H22N2O3.ClH/c1-3-16-10-11-17-15(19)9-8-14(18)12-4-6-13(20-2)7-5-12;/h4-7,16H,3,8-11H2,1-2H3,(H,17,19);1H. The summed E-state index contributed by atoms with van der Waals surface area (Å²) in [5.74, 6) is 0.585. The van der Waals surface area contributed by atoms with E-state index in [0.29, 0.717) is 17.9 Å². The van der Waals surface area contributed by atoms with E-state index in [1.54, 1.807) is 31.4 Å². The van der Waals surface area contributed by atoms with E-state index < -0.39 is 0 Å². The first-order valence-corrected chi connectivity index (χ1v) is 6.82. The summed E-state index contributed by atoms with van der Waals surface area (Å²) >= 11 is 0. The van der Waals surface area contributed by atoms with E-state index in [9.17, 15) is 9.59 Å². The van der Waals surface area contributed by atoms with Crippen molar-refractivity contribution in [2.45, 2.75) is 19.8 Å². The number of amides is 1. The SMILES string of the molecule is CCNCCNC(=O)CCC(=O)c1ccc(OC)cc1.Cl. The fourth-order valence-corrected chi connectivity index (χ4v) is 1.70. The maximum Gasteiger partial charge on any atom is 0.220 e. The van der Waals surface area contributed by atoms with Crippen LogP contribution in [0.15, 0.2) is 24.3 Å². The highest BCUT2D eigenvalue weighted by Gasteiger charge is 2.09. The van der Waals surface area contributed by atoms with Crippen LogP contribution in [0.1, 0.15) is 30.1 Å². The zero-order valence-electron chi connectivity index (χ0n) is 12.5. The van der Waals surface area contributed by atoms with Crippen LogP contribution < -0.4 is 15.4 Å². The summed E-state index contributed by atoms with van der Waals surface area (Å²) in [6, 6.07) is 6.90. The van der Waals surface area contributed by atoms with Gasteiger partial charge < -0.3 is 15.4 Å². The molecule has 0 bridgehead atoms. The number of likely N-dealkylation sites (N-methyl/N-ethyl adjacent to an activating group) is 1. The third-order valence-corrected chi connectivity index (χ3v) is 2.87. The summed E-state index contributed by atoms with van der Waals surface area (Å²) in [5.41, 5.74) is 0.603. The number of nitrogens with one attached hydrogen (secondary N) is 2. The first kappa shape index (κ1) is 19.4. The number of hydrogen-bond donors (Lipinski definition) is 2. The van der Waals surface area contributed by atoms with Gasteiger partial charge in [0.2, 0.25) is 5.91 Å². The Balaban J connectivity index is 0.00000400. The predicted molar refractivity (Wildman–Crippen MR) is 85.4 cm³/mol. The van der Waals surface area contributed by atoms with Crippen LogP contribution in [0, 0.1) is 0 Å². The number of rotatable bonds is 9. The third kappa shape index (κ3) is 7.68. The van der Waals surface area contributed by atoms with E-state index in [2.05, 4.69) is 10.6 Å². The predicted octanol–water partition coefficient (Wildman–Crippen LogP) is 1.81. The lowest BCUT2D eigenvalue weighted by atomic mass is 10.1. The van der Waals surface area contributed by atoms with Gasteiger partial charge in [-0.2, -0.15) is 0 Å². The van der Waals surface area contributed by atoms with Gasteiger partial charge in [0.25, 0.3) is 0 Å². The number of hydrogen-bond acceptors (Lipinski definition) is 4. The molecule has 0 saturated carbocycles. The lowest BCUT2D eigenvalue weighted by Gasteiger charge is -2.06. The van der Waals surface area contributed by atoms with Crippen molar-refractivity contribution in [1.82, 2.24) is 10.6 Å². The van der Waals surface area contributed by atoms with Gasteiger partial charge >= 0.3 is 0 Å². The van der Waals surface area contributed by atoms with Gasteiger partial charge in [0, 0.05) is 31.5 Å². The Morgan fingerprint density at radius 2 is 1.76 bits per heavy atom. The highest BCUT2D eigenvalue weighted by Crippen LogP contribution is 2.13. The zero-order chi connectivity index (χ0) is 14.8. The summed E-state index contributed by atoms with van der Waals surface area (Å²) in [6.45, 7) is 4.22. The van der Waals surface area contributed by atoms with E-state index in [4.69, 9.17) is 4.74 Å². The number of carbonyl (C=O) groups is 2. The molecule has 0 aromatic heterocycles. The van der Waals surface area contributed by atoms with Crippen molar-refractivity contribution >= 4 is 24.1 Å². The van der Waals surface area contributed by atoms with E-state index in [1.165, 1.54) is 0 Å². The average Bonchev–Trinajstić information content (AvgIpc) is 2.49. The summed E-state index contributed by atoms with van der Waals surface area (Å²) in [6.07, 6.45) is 0.441. The molecule has 0 atom stereocenters. The number of ketones is 1. The molecule has 0 spiro atoms. The fraction of sp³-hybridized carbons (Fsp3) is 0.467. The second-order valence-corrected chi connectivity index (χ2v) is 4.36. The number of methoxy groups -OCH3 is 1. The van der Waals surface area contributed by atoms with Gasteiger partial charge in [0.1, 0.15) is 5.75 Å². The van der Waals surface area contributed by atoms with Crippen LogP contribution in [0.25, 0.3) is 0 Å². The highest BCUT2D eigenvalue weighted by molar-refractivity contribution is 5.98. The lowest BCUT2D eigenvalue weighted by Crippen LogP contribution is -2.31. The highest BCUT2D eigenvalue weighted by atomic mass is 35.5.